The van der Waals surface area contributed by atoms with Gasteiger partial charge in [0.1, 0.15) is 11.6 Å². The molecule has 0 spiro atoms. The Bertz CT molecular complexity index is 1100. The SMILES string of the molecule is COC(=O)C1Cc2c([nH]c3ccccc23)CN1C(=O)C1CCCCC1CN(C)C(=O)OC(C)(C)C. The van der Waals surface area contributed by atoms with E-state index in [2.05, 4.69) is 4.98 Å². The molecule has 3 atom stereocenters. The minimum Gasteiger partial charge on any atom is -0.467 e. The highest BCUT2D eigenvalue weighted by atomic mass is 16.6. The van der Waals surface area contributed by atoms with E-state index in [0.29, 0.717) is 19.5 Å². The number of hydrogen-bond donors (Lipinski definition) is 1. The molecule has 1 aromatic heterocycles. The van der Waals surface area contributed by atoms with Crippen LogP contribution in [0.2, 0.25) is 0 Å². The van der Waals surface area contributed by atoms with E-state index in [1.54, 1.807) is 16.8 Å². The van der Waals surface area contributed by atoms with Crippen LogP contribution in [0.15, 0.2) is 24.3 Å². The van der Waals surface area contributed by atoms with Crippen molar-refractivity contribution in [1.82, 2.24) is 14.8 Å². The van der Waals surface area contributed by atoms with Gasteiger partial charge in [-0.2, -0.15) is 0 Å². The molecule has 2 aliphatic rings. The summed E-state index contributed by atoms with van der Waals surface area (Å²) in [7, 11) is 3.09. The zero-order chi connectivity index (χ0) is 25.3. The van der Waals surface area contributed by atoms with Crippen molar-refractivity contribution >= 4 is 28.9 Å². The Labute approximate surface area is 206 Å². The minimum absolute atomic E-state index is 0.0103. The summed E-state index contributed by atoms with van der Waals surface area (Å²) in [5.74, 6) is -0.678. The van der Waals surface area contributed by atoms with Crippen molar-refractivity contribution < 1.29 is 23.9 Å². The average molecular weight is 484 g/mol. The molecule has 3 unspecified atom stereocenters. The molecule has 0 saturated heterocycles. The molecule has 35 heavy (non-hydrogen) atoms. The molecule has 2 aromatic rings. The van der Waals surface area contributed by atoms with Crippen LogP contribution >= 0.6 is 0 Å². The number of amides is 2. The number of H-pyrrole nitrogens is 1. The van der Waals surface area contributed by atoms with Crippen LogP contribution < -0.4 is 0 Å². The summed E-state index contributed by atoms with van der Waals surface area (Å²) in [6, 6.07) is 7.34. The number of aromatic nitrogens is 1. The number of para-hydroxylation sites is 1. The van der Waals surface area contributed by atoms with Crippen molar-refractivity contribution in [2.24, 2.45) is 11.8 Å². The molecule has 2 amide bonds. The predicted molar refractivity (Wildman–Crippen MR) is 133 cm³/mol. The van der Waals surface area contributed by atoms with Gasteiger partial charge in [-0.05, 0) is 51.2 Å². The highest BCUT2D eigenvalue weighted by Gasteiger charge is 2.42. The molecule has 8 nitrogen and oxygen atoms in total. The van der Waals surface area contributed by atoms with Crippen molar-refractivity contribution in [2.75, 3.05) is 20.7 Å². The maximum absolute atomic E-state index is 14.0. The first-order valence-corrected chi connectivity index (χ1v) is 12.5. The Kier molecular flexibility index (Phi) is 7.10. The minimum atomic E-state index is -0.662. The number of methoxy groups -OCH3 is 1. The van der Waals surface area contributed by atoms with Gasteiger partial charge in [0, 0.05) is 42.5 Å². The van der Waals surface area contributed by atoms with Crippen molar-refractivity contribution in [3.8, 4) is 0 Å². The number of fused-ring (bicyclic) bond motifs is 3. The van der Waals surface area contributed by atoms with Crippen molar-refractivity contribution in [1.29, 1.82) is 0 Å². The molecule has 0 bridgehead atoms. The fourth-order valence-corrected chi connectivity index (χ4v) is 5.52. The molecule has 1 aromatic carbocycles. The van der Waals surface area contributed by atoms with E-state index in [4.69, 9.17) is 9.47 Å². The van der Waals surface area contributed by atoms with E-state index in [9.17, 15) is 14.4 Å². The Hall–Kier alpha value is -3.03. The standard InChI is InChI=1S/C27H37N3O5/c1-27(2,3)35-26(33)29(4)15-17-10-6-7-11-18(17)24(31)30-16-22-20(14-23(30)25(32)34-5)19-12-8-9-13-21(19)28-22/h8-9,12-13,17-18,23,28H,6-7,10-11,14-16H2,1-5H3. The maximum atomic E-state index is 14.0. The van der Waals surface area contributed by atoms with E-state index in [0.717, 1.165) is 47.8 Å². The number of aromatic amines is 1. The van der Waals surface area contributed by atoms with Crippen LogP contribution in [0.4, 0.5) is 4.79 Å². The van der Waals surface area contributed by atoms with Gasteiger partial charge in [0.15, 0.2) is 0 Å². The van der Waals surface area contributed by atoms with Crippen LogP contribution in [-0.2, 0) is 32.0 Å². The first kappa shape index (κ1) is 25.1. The molecule has 2 heterocycles. The Balaban J connectivity index is 1.57. The number of nitrogens with zero attached hydrogens (tertiary/aromatic N) is 2. The molecule has 8 heteroatoms. The maximum Gasteiger partial charge on any atom is 0.410 e. The lowest BCUT2D eigenvalue weighted by atomic mass is 9.77. The van der Waals surface area contributed by atoms with Crippen LogP contribution in [0.3, 0.4) is 0 Å². The van der Waals surface area contributed by atoms with Gasteiger partial charge < -0.3 is 24.3 Å². The highest BCUT2D eigenvalue weighted by molar-refractivity contribution is 5.90. The molecule has 0 radical (unpaired) electrons. The number of nitrogens with one attached hydrogen (secondary N) is 1. The first-order chi connectivity index (χ1) is 16.6. The van der Waals surface area contributed by atoms with Crippen LogP contribution in [-0.4, -0.2) is 65.1 Å². The third-order valence-corrected chi connectivity index (χ3v) is 7.20. The van der Waals surface area contributed by atoms with E-state index in [1.807, 2.05) is 45.0 Å². The van der Waals surface area contributed by atoms with Gasteiger partial charge in [-0.1, -0.05) is 31.0 Å². The van der Waals surface area contributed by atoms with Crippen molar-refractivity contribution in [3.05, 3.63) is 35.5 Å². The molecule has 4 rings (SSSR count). The molecular formula is C27H37N3O5. The van der Waals surface area contributed by atoms with Gasteiger partial charge in [-0.25, -0.2) is 9.59 Å². The number of carbonyl (C=O) groups excluding carboxylic acids is 3. The third kappa shape index (κ3) is 5.31. The number of ether oxygens (including phenoxy) is 2. The quantitative estimate of drug-likeness (QED) is 0.656. The lowest BCUT2D eigenvalue weighted by Crippen LogP contribution is -2.53. The number of carbonyl (C=O) groups is 3. The summed E-state index contributed by atoms with van der Waals surface area (Å²) in [5.41, 5.74) is 2.47. The summed E-state index contributed by atoms with van der Waals surface area (Å²) in [6.07, 6.45) is 3.61. The largest absolute Gasteiger partial charge is 0.467 e. The molecular weight excluding hydrogens is 446 g/mol. The van der Waals surface area contributed by atoms with E-state index < -0.39 is 17.6 Å². The lowest BCUT2D eigenvalue weighted by molar-refractivity contribution is -0.157. The number of rotatable bonds is 4. The van der Waals surface area contributed by atoms with E-state index in [-0.39, 0.29) is 23.8 Å². The molecule has 1 aliphatic carbocycles. The van der Waals surface area contributed by atoms with Gasteiger partial charge in [-0.3, -0.25) is 4.79 Å². The molecule has 1 aliphatic heterocycles. The fraction of sp³-hybridized carbons (Fsp3) is 0.593. The Morgan fingerprint density at radius 1 is 1.14 bits per heavy atom. The summed E-state index contributed by atoms with van der Waals surface area (Å²) in [4.78, 5) is 46.1. The number of hydrogen-bond acceptors (Lipinski definition) is 5. The van der Waals surface area contributed by atoms with Crippen molar-refractivity contribution in [2.45, 2.75) is 71.1 Å². The van der Waals surface area contributed by atoms with Gasteiger partial charge in [0.05, 0.1) is 13.7 Å². The predicted octanol–water partition coefficient (Wildman–Crippen LogP) is 4.27. The van der Waals surface area contributed by atoms with Gasteiger partial charge in [0.2, 0.25) is 5.91 Å². The monoisotopic (exact) mass is 483 g/mol. The van der Waals surface area contributed by atoms with Crippen LogP contribution in [0.5, 0.6) is 0 Å². The van der Waals surface area contributed by atoms with Gasteiger partial charge >= 0.3 is 12.1 Å². The third-order valence-electron chi connectivity index (χ3n) is 7.20. The Morgan fingerprint density at radius 2 is 1.86 bits per heavy atom. The Morgan fingerprint density at radius 3 is 2.57 bits per heavy atom. The van der Waals surface area contributed by atoms with Crippen LogP contribution in [0, 0.1) is 11.8 Å². The lowest BCUT2D eigenvalue weighted by Gasteiger charge is -2.40. The molecule has 1 fully saturated rings. The number of benzene rings is 1. The second-order valence-electron chi connectivity index (χ2n) is 10.8. The highest BCUT2D eigenvalue weighted by Crippen LogP contribution is 2.36. The first-order valence-electron chi connectivity index (χ1n) is 12.5. The van der Waals surface area contributed by atoms with Crippen LogP contribution in [0.1, 0.15) is 57.7 Å². The summed E-state index contributed by atoms with van der Waals surface area (Å²) < 4.78 is 10.6. The molecule has 1 N–H and O–H groups in total. The second-order valence-corrected chi connectivity index (χ2v) is 10.8. The van der Waals surface area contributed by atoms with E-state index in [1.165, 1.54) is 7.11 Å². The van der Waals surface area contributed by atoms with Crippen molar-refractivity contribution in [3.63, 3.8) is 0 Å². The normalized spacial score (nSPS) is 22.4. The number of esters is 1. The fourth-order valence-electron chi connectivity index (χ4n) is 5.52. The topological polar surface area (TPSA) is 91.9 Å². The summed E-state index contributed by atoms with van der Waals surface area (Å²) in [6.45, 7) is 6.31. The van der Waals surface area contributed by atoms with Gasteiger partial charge in [0.25, 0.3) is 0 Å². The van der Waals surface area contributed by atoms with Gasteiger partial charge in [-0.15, -0.1) is 0 Å². The second kappa shape index (κ2) is 9.91. The summed E-state index contributed by atoms with van der Waals surface area (Å²) >= 11 is 0. The average Bonchev–Trinajstić information content (AvgIpc) is 3.19. The zero-order valence-electron chi connectivity index (χ0n) is 21.4. The van der Waals surface area contributed by atoms with Crippen LogP contribution in [0.25, 0.3) is 10.9 Å². The smallest absolute Gasteiger partial charge is 0.410 e. The molecule has 1 saturated carbocycles. The van der Waals surface area contributed by atoms with E-state index >= 15 is 0 Å². The molecule has 190 valence electrons. The summed E-state index contributed by atoms with van der Waals surface area (Å²) in [5, 5.41) is 1.08. The zero-order valence-corrected chi connectivity index (χ0v) is 21.4.